The maximum Gasteiger partial charge on any atom is 0.148 e. The van der Waals surface area contributed by atoms with Crippen LogP contribution in [0.1, 0.15) is 11.5 Å². The Balaban J connectivity index is 2.27. The molecular formula is C8H10IN5. The third kappa shape index (κ3) is 1.79. The lowest BCUT2D eigenvalue weighted by atomic mass is 10.5. The van der Waals surface area contributed by atoms with Gasteiger partial charge in [0, 0.05) is 12.7 Å². The Morgan fingerprint density at radius 1 is 1.50 bits per heavy atom. The Morgan fingerprint density at radius 3 is 2.79 bits per heavy atom. The molecule has 0 unspecified atom stereocenters. The standard InChI is InChI=1S/C8H10IN5/c1-6-3-7(9)12-14(6)4-8-10-5-11-13(8)2/h3,5H,4H2,1-2H3. The van der Waals surface area contributed by atoms with Crippen LogP contribution in [0.3, 0.4) is 0 Å². The molecule has 0 N–H and O–H groups in total. The topological polar surface area (TPSA) is 48.5 Å². The van der Waals surface area contributed by atoms with Crippen LogP contribution in [0.5, 0.6) is 0 Å². The summed E-state index contributed by atoms with van der Waals surface area (Å²) in [6.07, 6.45) is 1.55. The second kappa shape index (κ2) is 3.68. The Bertz CT molecular complexity index is 444. The minimum Gasteiger partial charge on any atom is -0.261 e. The Kier molecular flexibility index (Phi) is 2.53. The largest absolute Gasteiger partial charge is 0.261 e. The first-order chi connectivity index (χ1) is 6.66. The van der Waals surface area contributed by atoms with Crippen LogP contribution in [0.25, 0.3) is 0 Å². The normalized spacial score (nSPS) is 10.8. The van der Waals surface area contributed by atoms with Gasteiger partial charge in [-0.05, 0) is 35.6 Å². The minimum absolute atomic E-state index is 0.672. The highest BCUT2D eigenvalue weighted by atomic mass is 127. The van der Waals surface area contributed by atoms with Crippen LogP contribution in [-0.2, 0) is 13.6 Å². The van der Waals surface area contributed by atoms with Gasteiger partial charge in [-0.3, -0.25) is 9.36 Å². The van der Waals surface area contributed by atoms with E-state index in [9.17, 15) is 0 Å². The fourth-order valence-electron chi connectivity index (χ4n) is 1.23. The summed E-state index contributed by atoms with van der Waals surface area (Å²) in [5.74, 6) is 0.910. The SMILES string of the molecule is Cc1cc(I)nn1Cc1ncnn1C. The molecule has 74 valence electrons. The highest BCUT2D eigenvalue weighted by Gasteiger charge is 2.05. The fraction of sp³-hybridized carbons (Fsp3) is 0.375. The van der Waals surface area contributed by atoms with Crippen molar-refractivity contribution in [3.8, 4) is 0 Å². The molecule has 2 rings (SSSR count). The minimum atomic E-state index is 0.672. The lowest BCUT2D eigenvalue weighted by Gasteiger charge is -2.02. The summed E-state index contributed by atoms with van der Waals surface area (Å²) in [5, 5.41) is 8.36. The van der Waals surface area contributed by atoms with Crippen LogP contribution in [-0.4, -0.2) is 24.5 Å². The molecule has 0 bridgehead atoms. The molecule has 0 fully saturated rings. The third-order valence-electron chi connectivity index (χ3n) is 2.05. The molecule has 0 amide bonds. The summed E-state index contributed by atoms with van der Waals surface area (Å²) >= 11 is 2.20. The van der Waals surface area contributed by atoms with Crippen LogP contribution in [0, 0.1) is 10.6 Å². The monoisotopic (exact) mass is 303 g/mol. The zero-order valence-corrected chi connectivity index (χ0v) is 10.1. The van der Waals surface area contributed by atoms with Crippen molar-refractivity contribution in [2.24, 2.45) is 7.05 Å². The quantitative estimate of drug-likeness (QED) is 0.777. The predicted molar refractivity (Wildman–Crippen MR) is 59.8 cm³/mol. The van der Waals surface area contributed by atoms with E-state index in [0.29, 0.717) is 6.54 Å². The molecule has 6 heteroatoms. The number of aromatic nitrogens is 5. The molecule has 0 aliphatic heterocycles. The molecule has 2 aromatic heterocycles. The molecule has 5 nitrogen and oxygen atoms in total. The Hall–Kier alpha value is -0.920. The van der Waals surface area contributed by atoms with E-state index in [0.717, 1.165) is 15.2 Å². The molecule has 14 heavy (non-hydrogen) atoms. The van der Waals surface area contributed by atoms with Crippen LogP contribution >= 0.6 is 22.6 Å². The van der Waals surface area contributed by atoms with E-state index in [1.165, 1.54) is 0 Å². The molecule has 2 aromatic rings. The van der Waals surface area contributed by atoms with E-state index < -0.39 is 0 Å². The lowest BCUT2D eigenvalue weighted by Crippen LogP contribution is -2.09. The molecule has 2 heterocycles. The van der Waals surface area contributed by atoms with E-state index in [1.807, 2.05) is 24.7 Å². The molecule has 0 radical (unpaired) electrons. The van der Waals surface area contributed by atoms with Gasteiger partial charge < -0.3 is 0 Å². The summed E-state index contributed by atoms with van der Waals surface area (Å²) < 4.78 is 4.68. The van der Waals surface area contributed by atoms with Gasteiger partial charge in [-0.2, -0.15) is 10.2 Å². The van der Waals surface area contributed by atoms with Gasteiger partial charge in [-0.15, -0.1) is 0 Å². The molecule has 0 aromatic carbocycles. The first kappa shape index (κ1) is 9.63. The first-order valence-electron chi connectivity index (χ1n) is 4.19. The van der Waals surface area contributed by atoms with Crippen molar-refractivity contribution in [3.63, 3.8) is 0 Å². The van der Waals surface area contributed by atoms with E-state index in [2.05, 4.69) is 37.8 Å². The molecule has 0 aliphatic carbocycles. The molecular weight excluding hydrogens is 293 g/mol. The van der Waals surface area contributed by atoms with Crippen molar-refractivity contribution in [3.05, 3.63) is 27.6 Å². The molecule has 0 spiro atoms. The van der Waals surface area contributed by atoms with Crippen molar-refractivity contribution in [1.82, 2.24) is 24.5 Å². The number of halogens is 1. The van der Waals surface area contributed by atoms with Crippen molar-refractivity contribution in [2.45, 2.75) is 13.5 Å². The molecule has 0 saturated heterocycles. The number of hydrogen-bond donors (Lipinski definition) is 0. The highest BCUT2D eigenvalue weighted by molar-refractivity contribution is 14.1. The van der Waals surface area contributed by atoms with Gasteiger partial charge >= 0.3 is 0 Å². The van der Waals surface area contributed by atoms with Gasteiger partial charge in [-0.25, -0.2) is 4.98 Å². The van der Waals surface area contributed by atoms with Crippen molar-refractivity contribution in [2.75, 3.05) is 0 Å². The third-order valence-corrected chi connectivity index (χ3v) is 2.57. The van der Waals surface area contributed by atoms with Crippen molar-refractivity contribution in [1.29, 1.82) is 0 Å². The van der Waals surface area contributed by atoms with Gasteiger partial charge in [0.25, 0.3) is 0 Å². The average molecular weight is 303 g/mol. The summed E-state index contributed by atoms with van der Waals surface area (Å²) in [7, 11) is 1.88. The number of nitrogens with zero attached hydrogens (tertiary/aromatic N) is 5. The van der Waals surface area contributed by atoms with Gasteiger partial charge in [0.2, 0.25) is 0 Å². The molecule has 0 atom stereocenters. The maximum atomic E-state index is 4.35. The summed E-state index contributed by atoms with van der Waals surface area (Å²) in [6, 6.07) is 2.04. The van der Waals surface area contributed by atoms with Crippen molar-refractivity contribution < 1.29 is 0 Å². The number of aryl methyl sites for hydroxylation is 2. The fourth-order valence-corrected chi connectivity index (χ4v) is 1.94. The second-order valence-corrected chi connectivity index (χ2v) is 4.17. The smallest absolute Gasteiger partial charge is 0.148 e. The summed E-state index contributed by atoms with van der Waals surface area (Å²) in [4.78, 5) is 4.15. The molecule has 0 aliphatic rings. The van der Waals surface area contributed by atoms with Gasteiger partial charge in [-0.1, -0.05) is 0 Å². The first-order valence-corrected chi connectivity index (χ1v) is 5.27. The van der Waals surface area contributed by atoms with Crippen LogP contribution in [0.15, 0.2) is 12.4 Å². The highest BCUT2D eigenvalue weighted by Crippen LogP contribution is 2.07. The maximum absolute atomic E-state index is 4.35. The van der Waals surface area contributed by atoms with E-state index >= 15 is 0 Å². The second-order valence-electron chi connectivity index (χ2n) is 3.07. The van der Waals surface area contributed by atoms with Crippen LogP contribution in [0.2, 0.25) is 0 Å². The average Bonchev–Trinajstić information content (AvgIpc) is 2.62. The number of hydrogen-bond acceptors (Lipinski definition) is 3. The number of rotatable bonds is 2. The van der Waals surface area contributed by atoms with Gasteiger partial charge in [0.15, 0.2) is 0 Å². The van der Waals surface area contributed by atoms with Crippen LogP contribution < -0.4 is 0 Å². The van der Waals surface area contributed by atoms with Crippen molar-refractivity contribution >= 4 is 22.6 Å². The Labute approximate surface area is 95.3 Å². The predicted octanol–water partition coefficient (Wildman–Crippen LogP) is 0.973. The summed E-state index contributed by atoms with van der Waals surface area (Å²) in [5.41, 5.74) is 1.14. The zero-order chi connectivity index (χ0) is 10.1. The van der Waals surface area contributed by atoms with Gasteiger partial charge in [0.1, 0.15) is 22.4 Å². The summed E-state index contributed by atoms with van der Waals surface area (Å²) in [6.45, 7) is 2.71. The molecule has 0 saturated carbocycles. The van der Waals surface area contributed by atoms with Crippen LogP contribution in [0.4, 0.5) is 0 Å². The zero-order valence-electron chi connectivity index (χ0n) is 7.98. The van der Waals surface area contributed by atoms with E-state index in [-0.39, 0.29) is 0 Å². The van der Waals surface area contributed by atoms with E-state index in [1.54, 1.807) is 11.0 Å². The Morgan fingerprint density at radius 2 is 2.29 bits per heavy atom. The van der Waals surface area contributed by atoms with Gasteiger partial charge in [0.05, 0.1) is 0 Å². The van der Waals surface area contributed by atoms with E-state index in [4.69, 9.17) is 0 Å². The lowest BCUT2D eigenvalue weighted by molar-refractivity contribution is 0.593.